The Morgan fingerprint density at radius 2 is 2.12 bits per heavy atom. The van der Waals surface area contributed by atoms with Crippen molar-refractivity contribution in [2.75, 3.05) is 6.54 Å². The number of hydrogen-bond acceptors (Lipinski definition) is 3. The quantitative estimate of drug-likeness (QED) is 0.779. The van der Waals surface area contributed by atoms with Gasteiger partial charge >= 0.3 is 0 Å². The van der Waals surface area contributed by atoms with Crippen LogP contribution in [0.1, 0.15) is 51.9 Å². The molecule has 0 aromatic carbocycles. The molecule has 0 aromatic rings. The molecule has 1 fully saturated rings. The number of amides is 1. The molecule has 1 saturated carbocycles. The van der Waals surface area contributed by atoms with Crippen molar-refractivity contribution in [2.24, 2.45) is 16.6 Å². The lowest BCUT2D eigenvalue weighted by Gasteiger charge is -2.21. The predicted molar refractivity (Wildman–Crippen MR) is 68.8 cm³/mol. The van der Waals surface area contributed by atoms with E-state index in [4.69, 9.17) is 10.7 Å². The monoisotopic (exact) mass is 237 g/mol. The molecule has 0 radical (unpaired) electrons. The fraction of sp³-hybridized carbons (Fsp3) is 0.846. The van der Waals surface area contributed by atoms with Crippen LogP contribution in [0.5, 0.6) is 0 Å². The summed E-state index contributed by atoms with van der Waals surface area (Å²) in [7, 11) is 0. The van der Waals surface area contributed by atoms with E-state index in [1.54, 1.807) is 0 Å². The summed E-state index contributed by atoms with van der Waals surface area (Å²) in [5.74, 6) is 1.47. The Balaban J connectivity index is 2.13. The van der Waals surface area contributed by atoms with Crippen LogP contribution in [0.25, 0.3) is 0 Å². The molecule has 0 spiro atoms. The minimum atomic E-state index is -0.568. The van der Waals surface area contributed by atoms with Crippen LogP contribution in [0.4, 0.5) is 0 Å². The summed E-state index contributed by atoms with van der Waals surface area (Å²) >= 11 is 0. The van der Waals surface area contributed by atoms with Gasteiger partial charge in [-0.25, -0.2) is 0 Å². The van der Waals surface area contributed by atoms with Gasteiger partial charge in [-0.05, 0) is 32.2 Å². The van der Waals surface area contributed by atoms with Gasteiger partial charge in [0, 0.05) is 5.92 Å². The van der Waals surface area contributed by atoms with Crippen molar-refractivity contribution in [2.45, 2.75) is 57.4 Å². The van der Waals surface area contributed by atoms with E-state index in [0.29, 0.717) is 18.9 Å². The average molecular weight is 237 g/mol. The first kappa shape index (κ1) is 12.6. The van der Waals surface area contributed by atoms with E-state index in [2.05, 4.69) is 5.32 Å². The Hall–Kier alpha value is -0.900. The standard InChI is InChI=1S/C13H23N3O/c1-2-13(8-9-14)12(17)15-11(16-13)10-6-4-3-5-7-10/h10H,2-9,14H2,1H3,(H,15,16,17). The highest BCUT2D eigenvalue weighted by molar-refractivity contribution is 6.09. The zero-order valence-electron chi connectivity index (χ0n) is 10.7. The number of hydrogen-bond donors (Lipinski definition) is 2. The zero-order valence-corrected chi connectivity index (χ0v) is 10.7. The second-order valence-electron chi connectivity index (χ2n) is 5.21. The van der Waals surface area contributed by atoms with Crippen LogP contribution in [0, 0.1) is 5.92 Å². The van der Waals surface area contributed by atoms with Gasteiger partial charge in [0.2, 0.25) is 0 Å². The predicted octanol–water partition coefficient (Wildman–Crippen LogP) is 1.59. The molecular formula is C13H23N3O. The molecule has 2 rings (SSSR count). The van der Waals surface area contributed by atoms with Gasteiger partial charge < -0.3 is 11.1 Å². The van der Waals surface area contributed by atoms with Gasteiger partial charge in [-0.15, -0.1) is 0 Å². The van der Waals surface area contributed by atoms with Crippen LogP contribution in [0.3, 0.4) is 0 Å². The Labute approximate surface area is 103 Å². The molecule has 17 heavy (non-hydrogen) atoms. The third-order valence-corrected chi connectivity index (χ3v) is 4.13. The molecule has 2 aliphatic rings. The van der Waals surface area contributed by atoms with Crippen molar-refractivity contribution in [3.63, 3.8) is 0 Å². The van der Waals surface area contributed by atoms with E-state index in [9.17, 15) is 4.79 Å². The maximum atomic E-state index is 12.1. The highest BCUT2D eigenvalue weighted by Gasteiger charge is 2.42. The Morgan fingerprint density at radius 1 is 1.41 bits per heavy atom. The summed E-state index contributed by atoms with van der Waals surface area (Å²) < 4.78 is 0. The van der Waals surface area contributed by atoms with Crippen molar-refractivity contribution in [1.82, 2.24) is 5.32 Å². The lowest BCUT2D eigenvalue weighted by Crippen LogP contribution is -2.41. The van der Waals surface area contributed by atoms with Crippen LogP contribution in [0.2, 0.25) is 0 Å². The maximum absolute atomic E-state index is 12.1. The largest absolute Gasteiger partial charge is 0.330 e. The summed E-state index contributed by atoms with van der Waals surface area (Å²) in [5, 5.41) is 3.01. The molecule has 1 aliphatic carbocycles. The highest BCUT2D eigenvalue weighted by Crippen LogP contribution is 2.31. The minimum Gasteiger partial charge on any atom is -0.330 e. The maximum Gasteiger partial charge on any atom is 0.253 e. The third-order valence-electron chi connectivity index (χ3n) is 4.13. The van der Waals surface area contributed by atoms with Gasteiger partial charge in [0.05, 0.1) is 0 Å². The normalized spacial score (nSPS) is 30.2. The second-order valence-corrected chi connectivity index (χ2v) is 5.21. The van der Waals surface area contributed by atoms with Crippen LogP contribution in [-0.2, 0) is 4.79 Å². The number of carbonyl (C=O) groups excluding carboxylic acids is 1. The number of rotatable bonds is 4. The van der Waals surface area contributed by atoms with E-state index < -0.39 is 5.54 Å². The molecule has 1 aliphatic heterocycles. The van der Waals surface area contributed by atoms with E-state index in [1.165, 1.54) is 32.1 Å². The Kier molecular flexibility index (Phi) is 3.82. The summed E-state index contributed by atoms with van der Waals surface area (Å²) in [5.41, 5.74) is 5.04. The average Bonchev–Trinajstić information content (AvgIpc) is 2.69. The minimum absolute atomic E-state index is 0.0611. The summed E-state index contributed by atoms with van der Waals surface area (Å²) in [6.45, 7) is 2.53. The number of nitrogens with one attached hydrogen (secondary N) is 1. The number of aliphatic imine (C=N–C) groups is 1. The molecule has 1 atom stereocenters. The van der Waals surface area contributed by atoms with E-state index in [0.717, 1.165) is 12.3 Å². The Morgan fingerprint density at radius 3 is 2.71 bits per heavy atom. The van der Waals surface area contributed by atoms with Gasteiger partial charge in [-0.3, -0.25) is 9.79 Å². The molecule has 0 bridgehead atoms. The molecule has 1 unspecified atom stereocenters. The van der Waals surface area contributed by atoms with Crippen LogP contribution >= 0.6 is 0 Å². The van der Waals surface area contributed by atoms with Crippen molar-refractivity contribution in [3.8, 4) is 0 Å². The first-order chi connectivity index (χ1) is 8.22. The summed E-state index contributed by atoms with van der Waals surface area (Å²) in [4.78, 5) is 16.8. The molecule has 96 valence electrons. The number of amidine groups is 1. The smallest absolute Gasteiger partial charge is 0.253 e. The fourth-order valence-corrected chi connectivity index (χ4v) is 2.94. The molecule has 0 aromatic heterocycles. The zero-order chi connectivity index (χ0) is 12.3. The van der Waals surface area contributed by atoms with Gasteiger partial charge in [0.25, 0.3) is 5.91 Å². The highest BCUT2D eigenvalue weighted by atomic mass is 16.2. The number of nitrogens with zero attached hydrogens (tertiary/aromatic N) is 1. The second kappa shape index (κ2) is 5.17. The van der Waals surface area contributed by atoms with E-state index >= 15 is 0 Å². The molecule has 1 amide bonds. The Bertz CT molecular complexity index is 321. The van der Waals surface area contributed by atoms with E-state index in [1.807, 2.05) is 6.92 Å². The van der Waals surface area contributed by atoms with Crippen LogP contribution in [0.15, 0.2) is 4.99 Å². The van der Waals surface area contributed by atoms with Crippen molar-refractivity contribution < 1.29 is 4.79 Å². The molecular weight excluding hydrogens is 214 g/mol. The van der Waals surface area contributed by atoms with Gasteiger partial charge in [0.1, 0.15) is 11.4 Å². The first-order valence-electron chi connectivity index (χ1n) is 6.83. The molecule has 0 saturated heterocycles. The summed E-state index contributed by atoms with van der Waals surface area (Å²) in [6.07, 6.45) is 7.57. The van der Waals surface area contributed by atoms with Gasteiger partial charge in [-0.1, -0.05) is 26.2 Å². The van der Waals surface area contributed by atoms with Gasteiger partial charge in [0.15, 0.2) is 0 Å². The summed E-state index contributed by atoms with van der Waals surface area (Å²) in [6, 6.07) is 0. The molecule has 3 N–H and O–H groups in total. The fourth-order valence-electron chi connectivity index (χ4n) is 2.94. The van der Waals surface area contributed by atoms with Crippen molar-refractivity contribution >= 4 is 11.7 Å². The SMILES string of the molecule is CCC1(CCN)N=C(C2CCCCC2)NC1=O. The lowest BCUT2D eigenvalue weighted by atomic mass is 9.88. The molecule has 4 nitrogen and oxygen atoms in total. The lowest BCUT2D eigenvalue weighted by molar-refractivity contribution is -0.124. The number of carbonyl (C=O) groups is 1. The third kappa shape index (κ3) is 2.37. The molecule has 1 heterocycles. The van der Waals surface area contributed by atoms with Crippen molar-refractivity contribution in [1.29, 1.82) is 0 Å². The van der Waals surface area contributed by atoms with Crippen LogP contribution in [-0.4, -0.2) is 23.8 Å². The molecule has 4 heteroatoms. The van der Waals surface area contributed by atoms with Gasteiger partial charge in [-0.2, -0.15) is 0 Å². The van der Waals surface area contributed by atoms with Crippen LogP contribution < -0.4 is 11.1 Å². The first-order valence-corrected chi connectivity index (χ1v) is 6.83. The van der Waals surface area contributed by atoms with Crippen molar-refractivity contribution in [3.05, 3.63) is 0 Å². The van der Waals surface area contributed by atoms with E-state index in [-0.39, 0.29) is 5.91 Å². The topological polar surface area (TPSA) is 67.5 Å². The number of nitrogens with two attached hydrogens (primary N) is 1.